The highest BCUT2D eigenvalue weighted by Crippen LogP contribution is 2.24. The summed E-state index contributed by atoms with van der Waals surface area (Å²) in [6, 6.07) is 6.80. The van der Waals surface area contributed by atoms with Gasteiger partial charge in [-0.15, -0.1) is 0 Å². The Balaban J connectivity index is 1.55. The van der Waals surface area contributed by atoms with E-state index in [-0.39, 0.29) is 11.7 Å². The van der Waals surface area contributed by atoms with E-state index in [1.54, 1.807) is 18.2 Å². The third-order valence-corrected chi connectivity index (χ3v) is 5.26. The first-order valence-corrected chi connectivity index (χ1v) is 9.60. The van der Waals surface area contributed by atoms with E-state index in [1.165, 1.54) is 44.4 Å². The van der Waals surface area contributed by atoms with Crippen LogP contribution in [-0.4, -0.2) is 28.9 Å². The van der Waals surface area contributed by atoms with Crippen LogP contribution in [0.25, 0.3) is 11.3 Å². The first-order valence-electron chi connectivity index (χ1n) is 9.60. The van der Waals surface area contributed by atoms with E-state index in [1.807, 2.05) is 11.9 Å². The molecule has 1 aliphatic carbocycles. The van der Waals surface area contributed by atoms with Crippen molar-refractivity contribution in [1.29, 1.82) is 0 Å². The van der Waals surface area contributed by atoms with Crippen LogP contribution in [0.2, 0.25) is 0 Å². The van der Waals surface area contributed by atoms with Gasteiger partial charge in [-0.05, 0) is 25.0 Å². The quantitative estimate of drug-likeness (QED) is 0.757. The molecule has 1 fully saturated rings. The molecule has 1 heterocycles. The van der Waals surface area contributed by atoms with Crippen LogP contribution >= 0.6 is 0 Å². The zero-order valence-corrected chi connectivity index (χ0v) is 15.4. The van der Waals surface area contributed by atoms with Crippen molar-refractivity contribution < 1.29 is 13.6 Å². The fourth-order valence-corrected chi connectivity index (χ4v) is 3.63. The van der Waals surface area contributed by atoms with Crippen LogP contribution < -0.4 is 0 Å². The predicted octanol–water partition coefficient (Wildman–Crippen LogP) is 4.98. The van der Waals surface area contributed by atoms with Crippen molar-refractivity contribution in [3.63, 3.8) is 0 Å². The van der Waals surface area contributed by atoms with Gasteiger partial charge in [0.15, 0.2) is 11.7 Å². The van der Waals surface area contributed by atoms with Crippen LogP contribution in [0.1, 0.15) is 57.3 Å². The summed E-state index contributed by atoms with van der Waals surface area (Å²) < 4.78 is 19.5. The Morgan fingerprint density at radius 2 is 1.88 bits per heavy atom. The Labute approximate surface area is 154 Å². The molecule has 4 nitrogen and oxygen atoms in total. The Hall–Kier alpha value is -2.17. The highest BCUT2D eigenvalue weighted by Gasteiger charge is 2.21. The molecule has 1 aliphatic rings. The van der Waals surface area contributed by atoms with Crippen molar-refractivity contribution >= 4 is 5.91 Å². The van der Waals surface area contributed by atoms with Gasteiger partial charge in [-0.3, -0.25) is 4.79 Å². The van der Waals surface area contributed by atoms with E-state index in [4.69, 9.17) is 4.42 Å². The number of nitrogens with zero attached hydrogens (tertiary/aromatic N) is 2. The van der Waals surface area contributed by atoms with Gasteiger partial charge in [0, 0.05) is 25.9 Å². The number of benzene rings is 1. The van der Waals surface area contributed by atoms with Gasteiger partial charge in [0.05, 0.1) is 11.8 Å². The molecule has 140 valence electrons. The molecular weight excluding hydrogens is 331 g/mol. The van der Waals surface area contributed by atoms with Crippen molar-refractivity contribution in [1.82, 2.24) is 9.88 Å². The molecular formula is C21H27FN2O2. The SMILES string of the molecule is CN(C(=O)CCc1ncc(-c2ccccc2F)o1)C1CCCCCCC1. The Morgan fingerprint density at radius 3 is 2.62 bits per heavy atom. The minimum atomic E-state index is -0.338. The molecule has 0 aliphatic heterocycles. The summed E-state index contributed by atoms with van der Waals surface area (Å²) in [5.41, 5.74) is 0.393. The second kappa shape index (κ2) is 8.97. The van der Waals surface area contributed by atoms with Gasteiger partial charge in [0.25, 0.3) is 0 Å². The predicted molar refractivity (Wildman–Crippen MR) is 99.1 cm³/mol. The molecule has 0 unspecified atom stereocenters. The lowest BCUT2D eigenvalue weighted by molar-refractivity contribution is -0.132. The number of hydrogen-bond donors (Lipinski definition) is 0. The second-order valence-electron chi connectivity index (χ2n) is 7.10. The summed E-state index contributed by atoms with van der Waals surface area (Å²) in [5.74, 6) is 0.665. The van der Waals surface area contributed by atoms with E-state index >= 15 is 0 Å². The lowest BCUT2D eigenvalue weighted by atomic mass is 9.95. The molecule has 3 rings (SSSR count). The van der Waals surface area contributed by atoms with Crippen LogP contribution in [0.3, 0.4) is 0 Å². The van der Waals surface area contributed by atoms with Gasteiger partial charge >= 0.3 is 0 Å². The largest absolute Gasteiger partial charge is 0.441 e. The smallest absolute Gasteiger partial charge is 0.223 e. The number of carbonyl (C=O) groups excluding carboxylic acids is 1. The first kappa shape index (κ1) is 18.6. The van der Waals surface area contributed by atoms with Crippen LogP contribution in [0.4, 0.5) is 4.39 Å². The van der Waals surface area contributed by atoms with E-state index in [0.717, 1.165) is 12.8 Å². The summed E-state index contributed by atoms with van der Waals surface area (Å²) >= 11 is 0. The molecule has 1 amide bonds. The molecule has 26 heavy (non-hydrogen) atoms. The second-order valence-corrected chi connectivity index (χ2v) is 7.10. The minimum absolute atomic E-state index is 0.126. The van der Waals surface area contributed by atoms with Gasteiger partial charge in [-0.25, -0.2) is 9.37 Å². The third kappa shape index (κ3) is 4.71. The number of oxazole rings is 1. The van der Waals surface area contributed by atoms with Crippen LogP contribution in [0.5, 0.6) is 0 Å². The summed E-state index contributed by atoms with van der Waals surface area (Å²) in [5, 5.41) is 0. The minimum Gasteiger partial charge on any atom is -0.441 e. The number of amides is 1. The van der Waals surface area contributed by atoms with E-state index in [9.17, 15) is 9.18 Å². The standard InChI is InChI=1S/C21H27FN2O2/c1-24(16-9-5-3-2-4-6-10-16)21(25)14-13-20-23-15-19(26-20)17-11-7-8-12-18(17)22/h7-8,11-12,15-16H,2-6,9-10,13-14H2,1H3. The molecule has 0 N–H and O–H groups in total. The number of rotatable bonds is 5. The Morgan fingerprint density at radius 1 is 1.19 bits per heavy atom. The number of halogens is 1. The lowest BCUT2D eigenvalue weighted by Gasteiger charge is -2.29. The maximum absolute atomic E-state index is 13.8. The van der Waals surface area contributed by atoms with Crippen molar-refractivity contribution in [3.8, 4) is 11.3 Å². The normalized spacial score (nSPS) is 16.1. The van der Waals surface area contributed by atoms with E-state index in [2.05, 4.69) is 4.98 Å². The fourth-order valence-electron chi connectivity index (χ4n) is 3.63. The molecule has 0 radical (unpaired) electrons. The highest BCUT2D eigenvalue weighted by atomic mass is 19.1. The average molecular weight is 358 g/mol. The van der Waals surface area contributed by atoms with E-state index < -0.39 is 0 Å². The summed E-state index contributed by atoms with van der Waals surface area (Å²) in [6.45, 7) is 0. The molecule has 0 atom stereocenters. The monoisotopic (exact) mass is 358 g/mol. The fraction of sp³-hybridized carbons (Fsp3) is 0.524. The van der Waals surface area contributed by atoms with E-state index in [0.29, 0.717) is 36.1 Å². The van der Waals surface area contributed by atoms with Crippen molar-refractivity contribution in [2.24, 2.45) is 0 Å². The maximum Gasteiger partial charge on any atom is 0.223 e. The first-order chi connectivity index (χ1) is 12.6. The Kier molecular flexibility index (Phi) is 6.42. The molecule has 0 spiro atoms. The number of aryl methyl sites for hydroxylation is 1. The van der Waals surface area contributed by atoms with Gasteiger partial charge in [-0.2, -0.15) is 0 Å². The van der Waals surface area contributed by atoms with Gasteiger partial charge < -0.3 is 9.32 Å². The number of aromatic nitrogens is 1. The molecule has 5 heteroatoms. The maximum atomic E-state index is 13.8. The molecule has 1 aromatic heterocycles. The van der Waals surface area contributed by atoms with Crippen molar-refractivity contribution in [3.05, 3.63) is 42.2 Å². The van der Waals surface area contributed by atoms with Gasteiger partial charge in [0.1, 0.15) is 5.82 Å². The third-order valence-electron chi connectivity index (χ3n) is 5.26. The summed E-state index contributed by atoms with van der Waals surface area (Å²) in [6.07, 6.45) is 10.8. The lowest BCUT2D eigenvalue weighted by Crippen LogP contribution is -2.37. The molecule has 2 aromatic rings. The zero-order chi connectivity index (χ0) is 18.4. The molecule has 0 bridgehead atoms. The van der Waals surface area contributed by atoms with Crippen LogP contribution in [0.15, 0.2) is 34.9 Å². The van der Waals surface area contributed by atoms with Crippen LogP contribution in [-0.2, 0) is 11.2 Å². The van der Waals surface area contributed by atoms with Crippen molar-refractivity contribution in [2.75, 3.05) is 7.05 Å². The summed E-state index contributed by atoms with van der Waals surface area (Å²) in [4.78, 5) is 18.7. The van der Waals surface area contributed by atoms with Gasteiger partial charge in [-0.1, -0.05) is 44.2 Å². The molecule has 1 saturated carbocycles. The molecule has 1 aromatic carbocycles. The van der Waals surface area contributed by atoms with Gasteiger partial charge in [0.2, 0.25) is 5.91 Å². The molecule has 0 saturated heterocycles. The number of hydrogen-bond acceptors (Lipinski definition) is 3. The van der Waals surface area contributed by atoms with Crippen LogP contribution in [0, 0.1) is 5.82 Å². The average Bonchev–Trinajstić information content (AvgIpc) is 3.08. The summed E-state index contributed by atoms with van der Waals surface area (Å²) in [7, 11) is 1.91. The highest BCUT2D eigenvalue weighted by molar-refractivity contribution is 5.76. The van der Waals surface area contributed by atoms with Crippen molar-refractivity contribution in [2.45, 2.75) is 63.8 Å². The zero-order valence-electron chi connectivity index (χ0n) is 15.4. The topological polar surface area (TPSA) is 46.3 Å². The number of carbonyl (C=O) groups is 1. The Bertz CT molecular complexity index is 720.